The molecule has 142 valence electrons. The van der Waals surface area contributed by atoms with E-state index in [0.717, 1.165) is 23.1 Å². The van der Waals surface area contributed by atoms with Crippen molar-refractivity contribution in [1.29, 1.82) is 0 Å². The standard InChI is InChI=1S/C19H20N2O4S2/c1-12-4-5-13(2)16(10-12)25-9-8-18(22)21-19-20-15-7-6-14(27(3,23)24)11-17(15)26-19/h4-7,10-11H,8-9H2,1-3H3,(H,20,21,22). The maximum atomic E-state index is 12.1. The van der Waals surface area contributed by atoms with Crippen LogP contribution in [-0.4, -0.2) is 32.2 Å². The monoisotopic (exact) mass is 404 g/mol. The molecule has 0 radical (unpaired) electrons. The fourth-order valence-corrected chi connectivity index (χ4v) is 4.13. The molecule has 3 rings (SSSR count). The van der Waals surface area contributed by atoms with E-state index in [1.54, 1.807) is 12.1 Å². The van der Waals surface area contributed by atoms with Gasteiger partial charge in [-0.15, -0.1) is 0 Å². The molecule has 1 amide bonds. The zero-order valence-corrected chi connectivity index (χ0v) is 16.9. The van der Waals surface area contributed by atoms with Crippen LogP contribution < -0.4 is 10.1 Å². The van der Waals surface area contributed by atoms with Gasteiger partial charge in [0.25, 0.3) is 0 Å². The van der Waals surface area contributed by atoms with Crippen LogP contribution in [0.5, 0.6) is 5.75 Å². The van der Waals surface area contributed by atoms with Crippen molar-refractivity contribution in [1.82, 2.24) is 4.98 Å². The molecule has 0 bridgehead atoms. The van der Waals surface area contributed by atoms with Crippen molar-refractivity contribution in [2.75, 3.05) is 18.2 Å². The molecule has 0 saturated heterocycles. The van der Waals surface area contributed by atoms with Crippen molar-refractivity contribution in [3.05, 3.63) is 47.5 Å². The molecule has 1 N–H and O–H groups in total. The quantitative estimate of drug-likeness (QED) is 0.677. The fourth-order valence-electron chi connectivity index (χ4n) is 2.49. The first-order valence-corrected chi connectivity index (χ1v) is 11.0. The highest BCUT2D eigenvalue weighted by atomic mass is 32.2. The fraction of sp³-hybridized carbons (Fsp3) is 0.263. The molecular formula is C19H20N2O4S2. The Labute approximate surface area is 162 Å². The second kappa shape index (κ2) is 7.66. The van der Waals surface area contributed by atoms with Gasteiger partial charge in [0.05, 0.1) is 28.1 Å². The lowest BCUT2D eigenvalue weighted by molar-refractivity contribution is -0.116. The predicted molar refractivity (Wildman–Crippen MR) is 107 cm³/mol. The summed E-state index contributed by atoms with van der Waals surface area (Å²) in [5, 5.41) is 3.18. The van der Waals surface area contributed by atoms with E-state index >= 15 is 0 Å². The molecule has 6 nitrogen and oxygen atoms in total. The van der Waals surface area contributed by atoms with Crippen LogP contribution in [0.1, 0.15) is 17.5 Å². The van der Waals surface area contributed by atoms with Gasteiger partial charge in [-0.1, -0.05) is 23.5 Å². The molecule has 0 fully saturated rings. The molecule has 0 aliphatic carbocycles. The molecule has 8 heteroatoms. The minimum atomic E-state index is -3.28. The molecule has 3 aromatic rings. The third kappa shape index (κ3) is 4.84. The van der Waals surface area contributed by atoms with Gasteiger partial charge < -0.3 is 10.1 Å². The summed E-state index contributed by atoms with van der Waals surface area (Å²) in [5.41, 5.74) is 2.77. The number of nitrogens with zero attached hydrogens (tertiary/aromatic N) is 1. The maximum Gasteiger partial charge on any atom is 0.229 e. The molecule has 0 saturated carbocycles. The lowest BCUT2D eigenvalue weighted by atomic mass is 10.1. The number of rotatable bonds is 6. The van der Waals surface area contributed by atoms with Crippen molar-refractivity contribution < 1.29 is 17.9 Å². The number of ether oxygens (including phenoxy) is 1. The Balaban J connectivity index is 1.61. The molecule has 1 heterocycles. The molecule has 1 aromatic heterocycles. The third-order valence-corrected chi connectivity index (χ3v) is 6.01. The first kappa shape index (κ1) is 19.3. The number of fused-ring (bicyclic) bond motifs is 1. The Morgan fingerprint density at radius 1 is 1.19 bits per heavy atom. The lowest BCUT2D eigenvalue weighted by Crippen LogP contribution is -2.15. The average Bonchev–Trinajstić information content (AvgIpc) is 2.98. The minimum Gasteiger partial charge on any atom is -0.493 e. The number of sulfone groups is 1. The number of nitrogens with one attached hydrogen (secondary N) is 1. The first-order chi connectivity index (χ1) is 12.7. The van der Waals surface area contributed by atoms with Crippen LogP contribution in [0, 0.1) is 13.8 Å². The number of amides is 1. The lowest BCUT2D eigenvalue weighted by Gasteiger charge is -2.09. The zero-order valence-electron chi connectivity index (χ0n) is 15.3. The Kier molecular flexibility index (Phi) is 5.48. The average molecular weight is 405 g/mol. The SMILES string of the molecule is Cc1ccc(C)c(OCCC(=O)Nc2nc3ccc(S(C)(=O)=O)cc3s2)c1. The summed E-state index contributed by atoms with van der Waals surface area (Å²) in [7, 11) is -3.28. The van der Waals surface area contributed by atoms with Gasteiger partial charge >= 0.3 is 0 Å². The number of benzene rings is 2. The van der Waals surface area contributed by atoms with Gasteiger partial charge in [0, 0.05) is 6.26 Å². The minimum absolute atomic E-state index is 0.192. The van der Waals surface area contributed by atoms with Gasteiger partial charge in [-0.3, -0.25) is 4.79 Å². The highest BCUT2D eigenvalue weighted by molar-refractivity contribution is 7.90. The van der Waals surface area contributed by atoms with Crippen LogP contribution in [0.3, 0.4) is 0 Å². The van der Waals surface area contributed by atoms with Crippen molar-refractivity contribution in [3.8, 4) is 5.75 Å². The number of aromatic nitrogens is 1. The van der Waals surface area contributed by atoms with E-state index in [1.807, 2.05) is 32.0 Å². The van der Waals surface area contributed by atoms with Gasteiger partial charge in [-0.2, -0.15) is 0 Å². The molecule has 2 aromatic carbocycles. The molecule has 0 atom stereocenters. The normalized spacial score (nSPS) is 11.5. The van der Waals surface area contributed by atoms with Crippen molar-refractivity contribution in [2.45, 2.75) is 25.2 Å². The number of carbonyl (C=O) groups excluding carboxylic acids is 1. The summed E-state index contributed by atoms with van der Waals surface area (Å²) in [6.07, 6.45) is 1.35. The Morgan fingerprint density at radius 3 is 2.70 bits per heavy atom. The smallest absolute Gasteiger partial charge is 0.229 e. The number of aryl methyl sites for hydroxylation is 2. The van der Waals surface area contributed by atoms with E-state index < -0.39 is 9.84 Å². The van der Waals surface area contributed by atoms with Gasteiger partial charge in [-0.25, -0.2) is 13.4 Å². The molecule has 0 unspecified atom stereocenters. The van der Waals surface area contributed by atoms with E-state index in [4.69, 9.17) is 4.74 Å². The van der Waals surface area contributed by atoms with E-state index in [1.165, 1.54) is 17.4 Å². The topological polar surface area (TPSA) is 85.4 Å². The van der Waals surface area contributed by atoms with Gasteiger partial charge in [0.1, 0.15) is 5.75 Å². The summed E-state index contributed by atoms with van der Waals surface area (Å²) in [4.78, 5) is 16.7. The Morgan fingerprint density at radius 2 is 1.96 bits per heavy atom. The molecule has 0 spiro atoms. The maximum absolute atomic E-state index is 12.1. The van der Waals surface area contributed by atoms with E-state index in [2.05, 4.69) is 10.3 Å². The van der Waals surface area contributed by atoms with Gasteiger partial charge in [0.2, 0.25) is 5.91 Å². The van der Waals surface area contributed by atoms with E-state index in [9.17, 15) is 13.2 Å². The second-order valence-electron chi connectivity index (χ2n) is 6.34. The molecule has 0 aliphatic rings. The summed E-state index contributed by atoms with van der Waals surface area (Å²) in [6, 6.07) is 10.7. The number of hydrogen-bond donors (Lipinski definition) is 1. The summed E-state index contributed by atoms with van der Waals surface area (Å²) >= 11 is 1.24. The van der Waals surface area contributed by atoms with Crippen molar-refractivity contribution >= 4 is 42.4 Å². The van der Waals surface area contributed by atoms with Crippen LogP contribution in [0.25, 0.3) is 10.2 Å². The van der Waals surface area contributed by atoms with Crippen molar-refractivity contribution in [2.24, 2.45) is 0 Å². The zero-order chi connectivity index (χ0) is 19.6. The van der Waals surface area contributed by atoms with Crippen LogP contribution >= 0.6 is 11.3 Å². The van der Waals surface area contributed by atoms with Gasteiger partial charge in [0.15, 0.2) is 15.0 Å². The third-order valence-electron chi connectivity index (χ3n) is 3.96. The molecule has 0 aliphatic heterocycles. The first-order valence-electron chi connectivity index (χ1n) is 8.33. The highest BCUT2D eigenvalue weighted by Crippen LogP contribution is 2.28. The largest absolute Gasteiger partial charge is 0.493 e. The highest BCUT2D eigenvalue weighted by Gasteiger charge is 2.12. The van der Waals surface area contributed by atoms with Crippen LogP contribution in [0.15, 0.2) is 41.3 Å². The number of carbonyl (C=O) groups is 1. The van der Waals surface area contributed by atoms with E-state index in [0.29, 0.717) is 15.3 Å². The second-order valence-corrected chi connectivity index (χ2v) is 9.38. The Hall–Kier alpha value is -2.45. The number of anilines is 1. The number of thiazole rings is 1. The van der Waals surface area contributed by atoms with Crippen LogP contribution in [0.4, 0.5) is 5.13 Å². The van der Waals surface area contributed by atoms with Crippen molar-refractivity contribution in [3.63, 3.8) is 0 Å². The summed E-state index contributed by atoms with van der Waals surface area (Å²) < 4.78 is 29.7. The molecule has 27 heavy (non-hydrogen) atoms. The van der Waals surface area contributed by atoms with Crippen LogP contribution in [-0.2, 0) is 14.6 Å². The van der Waals surface area contributed by atoms with E-state index in [-0.39, 0.29) is 23.8 Å². The number of hydrogen-bond acceptors (Lipinski definition) is 6. The van der Waals surface area contributed by atoms with Crippen LogP contribution in [0.2, 0.25) is 0 Å². The van der Waals surface area contributed by atoms with Gasteiger partial charge in [-0.05, 0) is 49.2 Å². The summed E-state index contributed by atoms with van der Waals surface area (Å²) in [5.74, 6) is 0.568. The molecular weight excluding hydrogens is 384 g/mol. The predicted octanol–water partition coefficient (Wildman–Crippen LogP) is 3.72. The Bertz CT molecular complexity index is 1100. The summed E-state index contributed by atoms with van der Waals surface area (Å²) in [6.45, 7) is 4.21.